The van der Waals surface area contributed by atoms with Crippen molar-refractivity contribution in [3.63, 3.8) is 0 Å². The average Bonchev–Trinajstić information content (AvgIpc) is 2.79. The van der Waals surface area contributed by atoms with Gasteiger partial charge in [-0.05, 0) is 26.2 Å². The van der Waals surface area contributed by atoms with Crippen LogP contribution < -0.4 is 5.32 Å². The Morgan fingerprint density at radius 3 is 2.48 bits per heavy atom. The van der Waals surface area contributed by atoms with Gasteiger partial charge in [0.05, 0.1) is 6.04 Å². The van der Waals surface area contributed by atoms with Gasteiger partial charge in [0.25, 0.3) is 0 Å². The van der Waals surface area contributed by atoms with E-state index in [4.69, 9.17) is 0 Å². The van der Waals surface area contributed by atoms with Gasteiger partial charge in [-0.1, -0.05) is 20.8 Å². The monoisotopic (exact) mass is 309 g/mol. The molecule has 116 valence electrons. The molecule has 5 nitrogen and oxygen atoms in total. The highest BCUT2D eigenvalue weighted by molar-refractivity contribution is 7.11. The number of amides is 2. The molecule has 0 saturated carbocycles. The lowest BCUT2D eigenvalue weighted by Crippen LogP contribution is -2.66. The molecule has 0 aromatic carbocycles. The van der Waals surface area contributed by atoms with Crippen molar-refractivity contribution in [2.24, 2.45) is 5.41 Å². The summed E-state index contributed by atoms with van der Waals surface area (Å²) in [5.41, 5.74) is -0.316. The maximum atomic E-state index is 12.8. The van der Waals surface area contributed by atoms with Crippen molar-refractivity contribution in [3.05, 3.63) is 16.1 Å². The number of hydrogen-bond acceptors (Lipinski definition) is 4. The van der Waals surface area contributed by atoms with Crippen molar-refractivity contribution in [3.8, 4) is 0 Å². The number of piperazine rings is 1. The summed E-state index contributed by atoms with van der Waals surface area (Å²) in [7, 11) is 0. The molecule has 1 saturated heterocycles. The predicted molar refractivity (Wildman–Crippen MR) is 83.0 cm³/mol. The standard InChI is InChI=1S/C15H23N3O2S/c1-8-7-16-13(21-8)10(3)18-9(2)12(19)17-11(14(18)20)15(4,5)6/h7,9-11H,1-6H3,(H,17,19). The Bertz CT molecular complexity index is 562. The summed E-state index contributed by atoms with van der Waals surface area (Å²) in [6.07, 6.45) is 1.80. The Labute approximate surface area is 129 Å². The summed E-state index contributed by atoms with van der Waals surface area (Å²) in [6.45, 7) is 11.6. The van der Waals surface area contributed by atoms with E-state index in [0.29, 0.717) is 0 Å². The predicted octanol–water partition coefficient (Wildman–Crippen LogP) is 2.27. The zero-order valence-corrected chi connectivity index (χ0v) is 14.2. The lowest BCUT2D eigenvalue weighted by Gasteiger charge is -2.44. The third-order valence-corrected chi connectivity index (χ3v) is 4.95. The van der Waals surface area contributed by atoms with Crippen molar-refractivity contribution < 1.29 is 9.59 Å². The Morgan fingerprint density at radius 1 is 1.38 bits per heavy atom. The van der Waals surface area contributed by atoms with Crippen molar-refractivity contribution >= 4 is 23.2 Å². The normalized spacial score (nSPS) is 25.0. The fourth-order valence-electron chi connectivity index (χ4n) is 2.59. The van der Waals surface area contributed by atoms with E-state index < -0.39 is 12.1 Å². The van der Waals surface area contributed by atoms with Crippen LogP contribution in [0.3, 0.4) is 0 Å². The highest BCUT2D eigenvalue weighted by Gasteiger charge is 2.45. The fourth-order valence-corrected chi connectivity index (χ4v) is 3.41. The molecule has 1 aliphatic heterocycles. The fraction of sp³-hybridized carbons (Fsp3) is 0.667. The summed E-state index contributed by atoms with van der Waals surface area (Å²) < 4.78 is 0. The Morgan fingerprint density at radius 2 is 2.00 bits per heavy atom. The van der Waals surface area contributed by atoms with Crippen molar-refractivity contribution in [2.45, 2.75) is 59.7 Å². The van der Waals surface area contributed by atoms with Crippen molar-refractivity contribution in [1.82, 2.24) is 15.2 Å². The number of nitrogens with zero attached hydrogens (tertiary/aromatic N) is 2. The maximum absolute atomic E-state index is 12.8. The molecule has 1 aliphatic rings. The molecular formula is C15H23N3O2S. The van der Waals surface area contributed by atoms with E-state index in [-0.39, 0.29) is 23.3 Å². The number of carbonyl (C=O) groups excluding carboxylic acids is 2. The van der Waals surface area contributed by atoms with Gasteiger partial charge in [-0.2, -0.15) is 0 Å². The van der Waals surface area contributed by atoms with Crippen LogP contribution in [0.5, 0.6) is 0 Å². The van der Waals surface area contributed by atoms with Crippen LogP contribution in [0.15, 0.2) is 6.20 Å². The van der Waals surface area contributed by atoms with E-state index in [9.17, 15) is 9.59 Å². The van der Waals surface area contributed by atoms with E-state index in [0.717, 1.165) is 9.88 Å². The molecule has 2 heterocycles. The SMILES string of the molecule is Cc1cnc(C(C)N2C(=O)C(C(C)(C)C)NC(=O)C2C)s1. The second-order valence-electron chi connectivity index (χ2n) is 6.71. The minimum atomic E-state index is -0.496. The molecule has 0 bridgehead atoms. The second kappa shape index (κ2) is 5.40. The third-order valence-electron chi connectivity index (χ3n) is 3.86. The molecule has 1 fully saturated rings. The molecule has 2 rings (SSSR count). The molecule has 3 atom stereocenters. The van der Waals surface area contributed by atoms with E-state index in [1.807, 2.05) is 34.6 Å². The van der Waals surface area contributed by atoms with Crippen LogP contribution in [-0.4, -0.2) is 33.8 Å². The zero-order chi connectivity index (χ0) is 15.9. The lowest BCUT2D eigenvalue weighted by atomic mass is 9.83. The Balaban J connectivity index is 2.35. The molecule has 1 aromatic heterocycles. The molecule has 0 spiro atoms. The van der Waals surface area contributed by atoms with E-state index in [1.54, 1.807) is 29.4 Å². The van der Waals surface area contributed by atoms with Crippen LogP contribution in [0.2, 0.25) is 0 Å². The molecule has 0 radical (unpaired) electrons. The summed E-state index contributed by atoms with van der Waals surface area (Å²) in [4.78, 5) is 32.2. The number of nitrogens with one attached hydrogen (secondary N) is 1. The first-order valence-electron chi connectivity index (χ1n) is 7.18. The van der Waals surface area contributed by atoms with Crippen LogP contribution in [-0.2, 0) is 9.59 Å². The van der Waals surface area contributed by atoms with E-state index >= 15 is 0 Å². The lowest BCUT2D eigenvalue weighted by molar-refractivity contribution is -0.154. The van der Waals surface area contributed by atoms with Crippen LogP contribution in [0.1, 0.15) is 50.5 Å². The first-order chi connectivity index (χ1) is 9.62. The van der Waals surface area contributed by atoms with Gasteiger partial charge in [-0.3, -0.25) is 9.59 Å². The average molecular weight is 309 g/mol. The van der Waals surface area contributed by atoms with Gasteiger partial charge in [-0.25, -0.2) is 4.98 Å². The van der Waals surface area contributed by atoms with E-state index in [1.165, 1.54) is 0 Å². The first kappa shape index (κ1) is 15.9. The smallest absolute Gasteiger partial charge is 0.246 e. The van der Waals surface area contributed by atoms with Crippen molar-refractivity contribution in [1.29, 1.82) is 0 Å². The van der Waals surface area contributed by atoms with Crippen molar-refractivity contribution in [2.75, 3.05) is 0 Å². The molecule has 3 unspecified atom stereocenters. The number of carbonyl (C=O) groups is 2. The minimum absolute atomic E-state index is 0.0325. The molecule has 6 heteroatoms. The Hall–Kier alpha value is -1.43. The maximum Gasteiger partial charge on any atom is 0.246 e. The number of aryl methyl sites for hydroxylation is 1. The molecule has 1 aromatic rings. The van der Waals surface area contributed by atoms with Crippen LogP contribution in [0.25, 0.3) is 0 Å². The molecule has 21 heavy (non-hydrogen) atoms. The topological polar surface area (TPSA) is 62.3 Å². The Kier molecular flexibility index (Phi) is 4.10. The molecule has 0 aliphatic carbocycles. The third kappa shape index (κ3) is 2.95. The molecular weight excluding hydrogens is 286 g/mol. The van der Waals surface area contributed by atoms with Gasteiger partial charge in [-0.15, -0.1) is 11.3 Å². The van der Waals surface area contributed by atoms with Crippen LogP contribution in [0, 0.1) is 12.3 Å². The van der Waals surface area contributed by atoms with Gasteiger partial charge in [0.1, 0.15) is 17.1 Å². The summed E-state index contributed by atoms with van der Waals surface area (Å²) in [5.74, 6) is -0.135. The molecule has 2 amide bonds. The highest BCUT2D eigenvalue weighted by atomic mass is 32.1. The van der Waals surface area contributed by atoms with Gasteiger partial charge in [0.15, 0.2) is 0 Å². The summed E-state index contributed by atoms with van der Waals surface area (Å²) >= 11 is 1.57. The van der Waals surface area contributed by atoms with Crippen LogP contribution in [0.4, 0.5) is 0 Å². The zero-order valence-electron chi connectivity index (χ0n) is 13.4. The quantitative estimate of drug-likeness (QED) is 0.911. The summed E-state index contributed by atoms with van der Waals surface area (Å²) in [5, 5.41) is 3.72. The first-order valence-corrected chi connectivity index (χ1v) is 7.99. The van der Waals surface area contributed by atoms with Gasteiger partial charge < -0.3 is 10.2 Å². The van der Waals surface area contributed by atoms with Gasteiger partial charge >= 0.3 is 0 Å². The largest absolute Gasteiger partial charge is 0.342 e. The second-order valence-corrected chi connectivity index (χ2v) is 7.98. The number of aromatic nitrogens is 1. The number of rotatable bonds is 2. The van der Waals surface area contributed by atoms with Gasteiger partial charge in [0.2, 0.25) is 11.8 Å². The van der Waals surface area contributed by atoms with Crippen LogP contribution >= 0.6 is 11.3 Å². The number of thiazole rings is 1. The minimum Gasteiger partial charge on any atom is -0.342 e. The van der Waals surface area contributed by atoms with Gasteiger partial charge in [0, 0.05) is 11.1 Å². The molecule has 1 N–H and O–H groups in total. The number of hydrogen-bond donors (Lipinski definition) is 1. The highest BCUT2D eigenvalue weighted by Crippen LogP contribution is 2.32. The van der Waals surface area contributed by atoms with E-state index in [2.05, 4.69) is 10.3 Å². The summed E-state index contributed by atoms with van der Waals surface area (Å²) in [6, 6.07) is -1.16.